The number of aromatic nitrogens is 1. The highest BCUT2D eigenvalue weighted by molar-refractivity contribution is 5.28. The molecule has 4 heteroatoms. The van der Waals surface area contributed by atoms with Crippen LogP contribution in [0.4, 0.5) is 0 Å². The Morgan fingerprint density at radius 1 is 0.968 bits per heavy atom. The Morgan fingerprint density at radius 2 is 1.68 bits per heavy atom. The predicted molar refractivity (Wildman–Crippen MR) is 127 cm³/mol. The van der Waals surface area contributed by atoms with Crippen molar-refractivity contribution in [1.82, 2.24) is 9.47 Å². The first kappa shape index (κ1) is 23.3. The van der Waals surface area contributed by atoms with Gasteiger partial charge in [-0.1, -0.05) is 75.4 Å². The molecule has 0 aliphatic heterocycles. The largest absolute Gasteiger partial charge is 0.387 e. The van der Waals surface area contributed by atoms with Crippen molar-refractivity contribution >= 4 is 0 Å². The third kappa shape index (κ3) is 6.79. The lowest BCUT2D eigenvalue weighted by atomic mass is 9.87. The molecule has 1 heterocycles. The topological polar surface area (TPSA) is 37.6 Å². The van der Waals surface area contributed by atoms with Gasteiger partial charge in [0.25, 0.3) is 0 Å². The Labute approximate surface area is 187 Å². The molecule has 0 radical (unpaired) electrons. The summed E-state index contributed by atoms with van der Waals surface area (Å²) in [5, 5.41) is 10.7. The van der Waals surface area contributed by atoms with Crippen LogP contribution in [0.5, 0.6) is 0 Å². The Balaban J connectivity index is 1.69. The standard InChI is InChI=1S/C27H36N2O2/c1-27(2,3)24-14-12-22(13-15-24)19-29-16-8-11-25(29)20-28(17-18-31-4)21-26(30)23-9-6-5-7-10-23/h5-16,26,30H,17-21H2,1-4H3. The average Bonchev–Trinajstić information content (AvgIpc) is 3.18. The van der Waals surface area contributed by atoms with E-state index in [9.17, 15) is 5.11 Å². The predicted octanol–water partition coefficient (Wildman–Crippen LogP) is 5.02. The van der Waals surface area contributed by atoms with Crippen LogP contribution in [0.25, 0.3) is 0 Å². The van der Waals surface area contributed by atoms with E-state index in [1.165, 1.54) is 16.8 Å². The van der Waals surface area contributed by atoms with Crippen LogP contribution in [-0.4, -0.2) is 41.4 Å². The molecule has 0 bridgehead atoms. The van der Waals surface area contributed by atoms with E-state index in [0.29, 0.717) is 13.2 Å². The number of nitrogens with zero attached hydrogens (tertiary/aromatic N) is 2. The van der Waals surface area contributed by atoms with Gasteiger partial charge in [0, 0.05) is 45.2 Å². The molecule has 0 saturated heterocycles. The molecule has 2 aromatic carbocycles. The molecular formula is C27H36N2O2. The van der Waals surface area contributed by atoms with Crippen LogP contribution >= 0.6 is 0 Å². The van der Waals surface area contributed by atoms with Gasteiger partial charge in [-0.15, -0.1) is 0 Å². The van der Waals surface area contributed by atoms with Crippen molar-refractivity contribution in [2.45, 2.75) is 45.4 Å². The zero-order valence-electron chi connectivity index (χ0n) is 19.3. The van der Waals surface area contributed by atoms with Gasteiger partial charge < -0.3 is 14.4 Å². The van der Waals surface area contributed by atoms with E-state index in [4.69, 9.17) is 4.74 Å². The first-order chi connectivity index (χ1) is 14.9. The number of aliphatic hydroxyl groups is 1. The SMILES string of the molecule is COCCN(Cc1cccn1Cc1ccc(C(C)(C)C)cc1)CC(O)c1ccccc1. The molecule has 0 aliphatic rings. The van der Waals surface area contributed by atoms with Crippen molar-refractivity contribution < 1.29 is 9.84 Å². The Morgan fingerprint density at radius 3 is 2.32 bits per heavy atom. The number of hydrogen-bond acceptors (Lipinski definition) is 3. The van der Waals surface area contributed by atoms with E-state index >= 15 is 0 Å². The van der Waals surface area contributed by atoms with E-state index < -0.39 is 6.10 Å². The summed E-state index contributed by atoms with van der Waals surface area (Å²) in [4.78, 5) is 2.26. The van der Waals surface area contributed by atoms with Gasteiger partial charge in [0.1, 0.15) is 0 Å². The molecule has 0 spiro atoms. The number of hydrogen-bond donors (Lipinski definition) is 1. The lowest BCUT2D eigenvalue weighted by Crippen LogP contribution is -2.32. The van der Waals surface area contributed by atoms with Crippen LogP contribution in [-0.2, 0) is 23.2 Å². The summed E-state index contributed by atoms with van der Waals surface area (Å²) >= 11 is 0. The van der Waals surface area contributed by atoms with E-state index in [0.717, 1.165) is 25.2 Å². The summed E-state index contributed by atoms with van der Waals surface area (Å²) in [6.45, 7) is 10.3. The van der Waals surface area contributed by atoms with Crippen molar-refractivity contribution in [3.8, 4) is 0 Å². The van der Waals surface area contributed by atoms with Crippen molar-refractivity contribution in [3.63, 3.8) is 0 Å². The third-order valence-corrected chi connectivity index (χ3v) is 5.71. The number of aliphatic hydroxyl groups excluding tert-OH is 1. The van der Waals surface area contributed by atoms with Crippen molar-refractivity contribution in [2.24, 2.45) is 0 Å². The van der Waals surface area contributed by atoms with E-state index in [-0.39, 0.29) is 5.41 Å². The average molecular weight is 421 g/mol. The molecule has 31 heavy (non-hydrogen) atoms. The maximum absolute atomic E-state index is 10.7. The molecule has 1 unspecified atom stereocenters. The second-order valence-corrected chi connectivity index (χ2v) is 9.23. The quantitative estimate of drug-likeness (QED) is 0.501. The maximum atomic E-state index is 10.7. The maximum Gasteiger partial charge on any atom is 0.0917 e. The smallest absolute Gasteiger partial charge is 0.0917 e. The first-order valence-electron chi connectivity index (χ1n) is 11.0. The minimum Gasteiger partial charge on any atom is -0.387 e. The highest BCUT2D eigenvalue weighted by Crippen LogP contribution is 2.23. The Kier molecular flexibility index (Phi) is 8.08. The van der Waals surface area contributed by atoms with Crippen LogP contribution in [0.1, 0.15) is 49.3 Å². The molecule has 0 aliphatic carbocycles. The molecule has 3 rings (SSSR count). The van der Waals surface area contributed by atoms with E-state index in [1.54, 1.807) is 7.11 Å². The molecule has 3 aromatic rings. The number of rotatable bonds is 10. The molecule has 0 fully saturated rings. The van der Waals surface area contributed by atoms with Crippen LogP contribution in [0.2, 0.25) is 0 Å². The molecule has 0 saturated carbocycles. The second kappa shape index (κ2) is 10.8. The number of benzene rings is 2. The highest BCUT2D eigenvalue weighted by Gasteiger charge is 2.16. The number of ether oxygens (including phenoxy) is 1. The summed E-state index contributed by atoms with van der Waals surface area (Å²) in [5.41, 5.74) is 4.98. The van der Waals surface area contributed by atoms with Gasteiger partial charge in [-0.3, -0.25) is 4.90 Å². The molecule has 1 N–H and O–H groups in total. The fraction of sp³-hybridized carbons (Fsp3) is 0.407. The van der Waals surface area contributed by atoms with Crippen LogP contribution in [0, 0.1) is 0 Å². The normalized spacial score (nSPS) is 13.0. The van der Waals surface area contributed by atoms with Gasteiger partial charge in [-0.25, -0.2) is 0 Å². The van der Waals surface area contributed by atoms with Crippen molar-refractivity contribution in [1.29, 1.82) is 0 Å². The summed E-state index contributed by atoms with van der Waals surface area (Å²) < 4.78 is 7.61. The van der Waals surface area contributed by atoms with E-state index in [2.05, 4.69) is 72.8 Å². The molecule has 166 valence electrons. The zero-order valence-corrected chi connectivity index (χ0v) is 19.3. The van der Waals surface area contributed by atoms with Gasteiger partial charge in [-0.05, 0) is 34.2 Å². The second-order valence-electron chi connectivity index (χ2n) is 9.23. The Bertz CT molecular complexity index is 910. The fourth-order valence-electron chi connectivity index (χ4n) is 3.76. The van der Waals surface area contributed by atoms with Gasteiger partial charge in [-0.2, -0.15) is 0 Å². The first-order valence-corrected chi connectivity index (χ1v) is 11.0. The van der Waals surface area contributed by atoms with Crippen LogP contribution in [0.3, 0.4) is 0 Å². The third-order valence-electron chi connectivity index (χ3n) is 5.71. The zero-order chi connectivity index (χ0) is 22.3. The molecule has 1 atom stereocenters. The fourth-order valence-corrected chi connectivity index (χ4v) is 3.76. The summed E-state index contributed by atoms with van der Waals surface area (Å²) in [7, 11) is 1.72. The van der Waals surface area contributed by atoms with Gasteiger partial charge in [0.15, 0.2) is 0 Å². The molecular weight excluding hydrogens is 384 g/mol. The Hall–Kier alpha value is -2.40. The van der Waals surface area contributed by atoms with Gasteiger partial charge >= 0.3 is 0 Å². The van der Waals surface area contributed by atoms with E-state index in [1.807, 2.05) is 30.3 Å². The minimum absolute atomic E-state index is 0.165. The molecule has 0 amide bonds. The highest BCUT2D eigenvalue weighted by atomic mass is 16.5. The monoisotopic (exact) mass is 420 g/mol. The summed E-state index contributed by atoms with van der Waals surface area (Å²) in [6, 6.07) is 23.0. The van der Waals surface area contributed by atoms with Gasteiger partial charge in [0.05, 0.1) is 12.7 Å². The molecule has 1 aromatic heterocycles. The molecule has 4 nitrogen and oxygen atoms in total. The minimum atomic E-state index is -0.522. The lowest BCUT2D eigenvalue weighted by molar-refractivity contribution is 0.0837. The summed E-state index contributed by atoms with van der Waals surface area (Å²) in [6.07, 6.45) is 1.61. The lowest BCUT2D eigenvalue weighted by Gasteiger charge is -2.26. The van der Waals surface area contributed by atoms with Crippen molar-refractivity contribution in [3.05, 3.63) is 95.3 Å². The van der Waals surface area contributed by atoms with Crippen LogP contribution < -0.4 is 0 Å². The van der Waals surface area contributed by atoms with Crippen molar-refractivity contribution in [2.75, 3.05) is 26.8 Å². The summed E-state index contributed by atoms with van der Waals surface area (Å²) in [5.74, 6) is 0. The van der Waals surface area contributed by atoms with Crippen LogP contribution in [0.15, 0.2) is 72.9 Å². The van der Waals surface area contributed by atoms with Gasteiger partial charge in [0.2, 0.25) is 0 Å². The number of methoxy groups -OCH3 is 1.